The minimum atomic E-state index is -1.11. The van der Waals surface area contributed by atoms with Gasteiger partial charge < -0.3 is 15.2 Å². The quantitative estimate of drug-likeness (QED) is 0.546. The first kappa shape index (κ1) is 20.1. The number of carboxylic acid groups (broad SMARTS) is 1. The summed E-state index contributed by atoms with van der Waals surface area (Å²) in [5.74, 6) is -1.31. The average molecular weight is 425 g/mol. The van der Waals surface area contributed by atoms with Crippen molar-refractivity contribution in [2.24, 2.45) is 0 Å². The maximum Gasteiger partial charge on any atom is 0.346 e. The number of hydrogen-bond acceptors (Lipinski definition) is 4. The van der Waals surface area contributed by atoms with Crippen molar-refractivity contribution < 1.29 is 23.8 Å². The van der Waals surface area contributed by atoms with Gasteiger partial charge in [-0.3, -0.25) is 4.79 Å². The molecule has 2 aromatic carbocycles. The monoisotopic (exact) mass is 425 g/mol. The molecule has 7 heteroatoms. The van der Waals surface area contributed by atoms with Gasteiger partial charge in [-0.05, 0) is 41.8 Å². The minimum Gasteiger partial charge on any atom is -0.494 e. The van der Waals surface area contributed by atoms with Crippen molar-refractivity contribution in [2.75, 3.05) is 11.9 Å². The van der Waals surface area contributed by atoms with Gasteiger partial charge in [-0.1, -0.05) is 31.2 Å². The second-order valence-electron chi connectivity index (χ2n) is 7.08. The zero-order chi connectivity index (χ0) is 21.3. The molecule has 0 spiro atoms. The molecule has 154 valence electrons. The maximum absolute atomic E-state index is 13.8. The van der Waals surface area contributed by atoms with Crippen LogP contribution in [0.4, 0.5) is 10.1 Å². The summed E-state index contributed by atoms with van der Waals surface area (Å²) in [7, 11) is 0. The predicted octanol–water partition coefficient (Wildman–Crippen LogP) is 5.52. The Balaban J connectivity index is 1.81. The molecule has 2 heterocycles. The van der Waals surface area contributed by atoms with Crippen LogP contribution in [0.15, 0.2) is 48.5 Å². The van der Waals surface area contributed by atoms with Crippen molar-refractivity contribution in [1.82, 2.24) is 0 Å². The average Bonchev–Trinajstić information content (AvgIpc) is 3.11. The fraction of sp³-hybridized carbons (Fsp3) is 0.217. The Morgan fingerprint density at radius 1 is 1.27 bits per heavy atom. The largest absolute Gasteiger partial charge is 0.494 e. The van der Waals surface area contributed by atoms with Crippen LogP contribution in [0, 0.1) is 5.82 Å². The second-order valence-corrected chi connectivity index (χ2v) is 8.14. The molecule has 30 heavy (non-hydrogen) atoms. The van der Waals surface area contributed by atoms with Gasteiger partial charge in [-0.25, -0.2) is 9.18 Å². The number of halogens is 1. The number of rotatable bonds is 6. The van der Waals surface area contributed by atoms with Crippen molar-refractivity contribution >= 4 is 28.9 Å². The number of hydrogen-bond donors (Lipinski definition) is 2. The molecular weight excluding hydrogens is 405 g/mol. The zero-order valence-electron chi connectivity index (χ0n) is 16.3. The van der Waals surface area contributed by atoms with E-state index >= 15 is 0 Å². The third-order valence-electron chi connectivity index (χ3n) is 4.97. The number of carbonyl (C=O) groups excluding carboxylic acids is 1. The molecule has 1 atom stereocenters. The van der Waals surface area contributed by atoms with E-state index in [0.717, 1.165) is 33.9 Å². The van der Waals surface area contributed by atoms with Gasteiger partial charge in [-0.15, -0.1) is 11.3 Å². The van der Waals surface area contributed by atoms with E-state index < -0.39 is 11.8 Å². The Kier molecular flexibility index (Phi) is 5.55. The highest BCUT2D eigenvalue weighted by Crippen LogP contribution is 2.49. The fourth-order valence-electron chi connectivity index (χ4n) is 3.64. The molecular formula is C23H20FNO4S. The molecule has 1 aromatic heterocycles. The minimum absolute atomic E-state index is 0.0840. The highest BCUT2D eigenvalue weighted by atomic mass is 32.1. The van der Waals surface area contributed by atoms with Gasteiger partial charge in [0.2, 0.25) is 5.91 Å². The van der Waals surface area contributed by atoms with Crippen molar-refractivity contribution in [2.45, 2.75) is 25.7 Å². The summed E-state index contributed by atoms with van der Waals surface area (Å²) in [6, 6.07) is 13.3. The first-order valence-corrected chi connectivity index (χ1v) is 10.5. The number of anilines is 1. The number of benzene rings is 2. The van der Waals surface area contributed by atoms with Crippen LogP contribution in [0.5, 0.6) is 5.75 Å². The first-order chi connectivity index (χ1) is 14.5. The summed E-state index contributed by atoms with van der Waals surface area (Å²) in [6.07, 6.45) is 1.12. The molecule has 5 nitrogen and oxygen atoms in total. The standard InChI is InChI=1S/C23H20FNO4S/c1-2-10-29-16-8-6-13(7-9-16)17-12-18(26)25-20-19(14-4-3-5-15(24)11-14)22(23(27)28)30-21(17)20/h3-9,11,17H,2,10,12H2,1H3,(H,25,26)(H,27,28)/t17-/m0/s1. The number of fused-ring (bicyclic) bond motifs is 1. The molecule has 0 bridgehead atoms. The molecule has 1 aliphatic heterocycles. The van der Waals surface area contributed by atoms with Crippen molar-refractivity contribution in [3.8, 4) is 16.9 Å². The smallest absolute Gasteiger partial charge is 0.346 e. The van der Waals surface area contributed by atoms with E-state index in [1.807, 2.05) is 31.2 Å². The van der Waals surface area contributed by atoms with Gasteiger partial charge in [0.05, 0.1) is 12.3 Å². The summed E-state index contributed by atoms with van der Waals surface area (Å²) in [5.41, 5.74) is 2.13. The van der Waals surface area contributed by atoms with Gasteiger partial charge in [0.1, 0.15) is 16.4 Å². The molecule has 4 rings (SSSR count). The lowest BCUT2D eigenvalue weighted by molar-refractivity contribution is -0.116. The molecule has 0 radical (unpaired) electrons. The number of thiophene rings is 1. The van der Waals surface area contributed by atoms with E-state index in [4.69, 9.17) is 4.74 Å². The number of carboxylic acids is 1. The van der Waals surface area contributed by atoms with E-state index in [-0.39, 0.29) is 23.1 Å². The maximum atomic E-state index is 13.8. The van der Waals surface area contributed by atoms with Crippen LogP contribution in [0.2, 0.25) is 0 Å². The van der Waals surface area contributed by atoms with E-state index in [2.05, 4.69) is 5.32 Å². The summed E-state index contributed by atoms with van der Waals surface area (Å²) >= 11 is 1.13. The third kappa shape index (κ3) is 3.80. The first-order valence-electron chi connectivity index (χ1n) is 9.66. The summed E-state index contributed by atoms with van der Waals surface area (Å²) < 4.78 is 19.4. The highest BCUT2D eigenvalue weighted by molar-refractivity contribution is 7.15. The van der Waals surface area contributed by atoms with Crippen LogP contribution < -0.4 is 10.1 Å². The topological polar surface area (TPSA) is 75.6 Å². The van der Waals surface area contributed by atoms with E-state index in [1.165, 1.54) is 18.2 Å². The summed E-state index contributed by atoms with van der Waals surface area (Å²) in [6.45, 7) is 2.66. The number of aromatic carboxylic acids is 1. The Hall–Kier alpha value is -3.19. The van der Waals surface area contributed by atoms with Gasteiger partial charge in [0, 0.05) is 22.8 Å². The zero-order valence-corrected chi connectivity index (χ0v) is 17.1. The van der Waals surface area contributed by atoms with Crippen molar-refractivity contribution in [3.63, 3.8) is 0 Å². The third-order valence-corrected chi connectivity index (χ3v) is 6.26. The Morgan fingerprint density at radius 2 is 2.03 bits per heavy atom. The SMILES string of the molecule is CCCOc1ccc([C@@H]2CC(=O)Nc3c2sc(C(=O)O)c3-c2cccc(F)c2)cc1. The van der Waals surface area contributed by atoms with Gasteiger partial charge in [-0.2, -0.15) is 0 Å². The Morgan fingerprint density at radius 3 is 2.70 bits per heavy atom. The van der Waals surface area contributed by atoms with Crippen LogP contribution in [-0.4, -0.2) is 23.6 Å². The summed E-state index contributed by atoms with van der Waals surface area (Å²) in [5, 5.41) is 12.6. The van der Waals surface area contributed by atoms with Crippen LogP contribution in [0.3, 0.4) is 0 Å². The molecule has 1 aliphatic rings. The van der Waals surface area contributed by atoms with Crippen LogP contribution in [0.1, 0.15) is 45.8 Å². The van der Waals surface area contributed by atoms with Crippen molar-refractivity contribution in [1.29, 1.82) is 0 Å². The predicted molar refractivity (Wildman–Crippen MR) is 114 cm³/mol. The van der Waals surface area contributed by atoms with Gasteiger partial charge in [0.15, 0.2) is 0 Å². The molecule has 0 aliphatic carbocycles. The Labute approximate surface area is 177 Å². The molecule has 3 aromatic rings. The second kappa shape index (κ2) is 8.28. The Bertz CT molecular complexity index is 1110. The van der Waals surface area contributed by atoms with E-state index in [9.17, 15) is 19.1 Å². The molecule has 0 saturated carbocycles. The van der Waals surface area contributed by atoms with Crippen molar-refractivity contribution in [3.05, 3.63) is 69.7 Å². The molecule has 0 fully saturated rings. The van der Waals surface area contributed by atoms with Crippen LogP contribution in [-0.2, 0) is 4.79 Å². The number of amides is 1. The summed E-state index contributed by atoms with van der Waals surface area (Å²) in [4.78, 5) is 25.3. The molecule has 0 unspecified atom stereocenters. The molecule has 0 saturated heterocycles. The fourth-order valence-corrected chi connectivity index (χ4v) is 4.89. The normalized spacial score (nSPS) is 15.4. The number of ether oxygens (including phenoxy) is 1. The van der Waals surface area contributed by atoms with Gasteiger partial charge in [0.25, 0.3) is 0 Å². The van der Waals surface area contributed by atoms with Crippen LogP contribution >= 0.6 is 11.3 Å². The van der Waals surface area contributed by atoms with Crippen LogP contribution in [0.25, 0.3) is 11.1 Å². The van der Waals surface area contributed by atoms with Gasteiger partial charge >= 0.3 is 5.97 Å². The van der Waals surface area contributed by atoms with E-state index in [0.29, 0.717) is 23.4 Å². The van der Waals surface area contributed by atoms with E-state index in [1.54, 1.807) is 6.07 Å². The lowest BCUT2D eigenvalue weighted by atomic mass is 9.88. The lowest BCUT2D eigenvalue weighted by Gasteiger charge is -2.24. The lowest BCUT2D eigenvalue weighted by Crippen LogP contribution is -2.22. The molecule has 2 N–H and O–H groups in total. The number of nitrogens with one attached hydrogen (secondary N) is 1. The number of carbonyl (C=O) groups is 2. The molecule has 1 amide bonds. The highest BCUT2D eigenvalue weighted by Gasteiger charge is 2.34.